The smallest absolute Gasteiger partial charge is 0.331 e. The molecule has 2 fully saturated rings. The van der Waals surface area contributed by atoms with Gasteiger partial charge in [-0.1, -0.05) is 37.6 Å². The molecule has 27 heavy (non-hydrogen) atoms. The van der Waals surface area contributed by atoms with Gasteiger partial charge in [0, 0.05) is 18.9 Å². The van der Waals surface area contributed by atoms with E-state index in [9.17, 15) is 9.59 Å². The van der Waals surface area contributed by atoms with Crippen LogP contribution in [0.1, 0.15) is 63.0 Å². The number of hydrogen-bond donors (Lipinski definition) is 0. The zero-order valence-corrected chi connectivity index (χ0v) is 16.2. The Kier molecular flexibility index (Phi) is 7.08. The Morgan fingerprint density at radius 2 is 2.11 bits per heavy atom. The van der Waals surface area contributed by atoms with Crippen LogP contribution < -0.4 is 0 Å². The molecule has 3 rings (SSSR count). The van der Waals surface area contributed by atoms with Crippen molar-refractivity contribution in [3.8, 4) is 0 Å². The van der Waals surface area contributed by atoms with E-state index < -0.39 is 0 Å². The van der Waals surface area contributed by atoms with Gasteiger partial charge in [0.05, 0.1) is 6.61 Å². The normalized spacial score (nSPS) is 25.5. The average Bonchev–Trinajstić information content (AvgIpc) is 2.83. The molecule has 0 bridgehead atoms. The Morgan fingerprint density at radius 3 is 2.93 bits per heavy atom. The maximum atomic E-state index is 12.0. The lowest BCUT2D eigenvalue weighted by molar-refractivity contribution is -0.143. The molecule has 4 heteroatoms. The van der Waals surface area contributed by atoms with Gasteiger partial charge in [0.1, 0.15) is 6.10 Å². The summed E-state index contributed by atoms with van der Waals surface area (Å²) in [5.74, 6) is 1.26. The van der Waals surface area contributed by atoms with Crippen LogP contribution in [-0.4, -0.2) is 24.6 Å². The second kappa shape index (κ2) is 9.72. The molecule has 146 valence electrons. The number of hydrogen-bond acceptors (Lipinski definition) is 4. The molecular formula is C23H30O4. The summed E-state index contributed by atoms with van der Waals surface area (Å²) in [4.78, 5) is 23.3. The molecule has 0 aromatic heterocycles. The number of rotatable bonds is 7. The van der Waals surface area contributed by atoms with Crippen LogP contribution in [0.15, 0.2) is 30.3 Å². The van der Waals surface area contributed by atoms with Gasteiger partial charge in [0.15, 0.2) is 0 Å². The number of cyclic esters (lactones) is 1. The van der Waals surface area contributed by atoms with Gasteiger partial charge in [-0.3, -0.25) is 4.79 Å². The fourth-order valence-corrected chi connectivity index (χ4v) is 3.95. The second-order valence-electron chi connectivity index (χ2n) is 7.84. The molecular weight excluding hydrogens is 340 g/mol. The highest BCUT2D eigenvalue weighted by Gasteiger charge is 2.26. The van der Waals surface area contributed by atoms with Gasteiger partial charge < -0.3 is 9.47 Å². The molecule has 1 heterocycles. The van der Waals surface area contributed by atoms with Gasteiger partial charge in [0.25, 0.3) is 0 Å². The highest BCUT2D eigenvalue weighted by molar-refractivity contribution is 5.87. The van der Waals surface area contributed by atoms with Gasteiger partial charge in [0.2, 0.25) is 0 Å². The van der Waals surface area contributed by atoms with Crippen molar-refractivity contribution in [2.75, 3.05) is 6.61 Å². The van der Waals surface area contributed by atoms with Gasteiger partial charge in [-0.25, -0.2) is 4.79 Å². The van der Waals surface area contributed by atoms with E-state index in [1.807, 2.05) is 12.1 Å². The fourth-order valence-electron chi connectivity index (χ4n) is 3.95. The molecule has 1 aliphatic heterocycles. The van der Waals surface area contributed by atoms with Crippen molar-refractivity contribution in [1.29, 1.82) is 0 Å². The molecule has 0 N–H and O–H groups in total. The Balaban J connectivity index is 1.45. The summed E-state index contributed by atoms with van der Waals surface area (Å²) < 4.78 is 10.4. The first-order valence-corrected chi connectivity index (χ1v) is 10.3. The largest absolute Gasteiger partial charge is 0.466 e. The second-order valence-corrected chi connectivity index (χ2v) is 7.84. The van der Waals surface area contributed by atoms with Crippen LogP contribution in [0.3, 0.4) is 0 Å². The lowest BCUT2D eigenvalue weighted by atomic mass is 9.71. The molecule has 4 nitrogen and oxygen atoms in total. The van der Waals surface area contributed by atoms with Crippen molar-refractivity contribution in [3.63, 3.8) is 0 Å². The van der Waals surface area contributed by atoms with Gasteiger partial charge in [-0.15, -0.1) is 0 Å². The monoisotopic (exact) mass is 370 g/mol. The summed E-state index contributed by atoms with van der Waals surface area (Å²) in [6, 6.07) is 8.36. The minimum atomic E-state index is -0.361. The Labute approximate surface area is 161 Å². The summed E-state index contributed by atoms with van der Waals surface area (Å²) in [6.45, 7) is 2.60. The van der Waals surface area contributed by atoms with Crippen LogP contribution in [0.5, 0.6) is 0 Å². The third-order valence-corrected chi connectivity index (χ3v) is 5.77. The molecule has 0 radical (unpaired) electrons. The van der Waals surface area contributed by atoms with Crippen molar-refractivity contribution < 1.29 is 19.1 Å². The summed E-state index contributed by atoms with van der Waals surface area (Å²) in [6.07, 6.45) is 10.9. The van der Waals surface area contributed by atoms with E-state index in [1.165, 1.54) is 37.3 Å². The lowest BCUT2D eigenvalue weighted by Crippen LogP contribution is -2.23. The predicted octanol–water partition coefficient (Wildman–Crippen LogP) is 4.71. The number of benzene rings is 1. The van der Waals surface area contributed by atoms with Crippen molar-refractivity contribution in [2.24, 2.45) is 11.8 Å². The van der Waals surface area contributed by atoms with Crippen molar-refractivity contribution >= 4 is 18.0 Å². The Bertz CT molecular complexity index is 673. The zero-order chi connectivity index (χ0) is 19.1. The average molecular weight is 370 g/mol. The van der Waals surface area contributed by atoms with Crippen LogP contribution in [-0.2, 0) is 25.5 Å². The van der Waals surface area contributed by atoms with Crippen LogP contribution in [0.25, 0.3) is 6.08 Å². The van der Waals surface area contributed by atoms with E-state index >= 15 is 0 Å². The first-order chi connectivity index (χ1) is 13.1. The summed E-state index contributed by atoms with van der Waals surface area (Å²) in [5.41, 5.74) is 2.34. The minimum absolute atomic E-state index is 0.215. The molecule has 1 saturated heterocycles. The standard InChI is InChI=1S/C23H30O4/c1-2-17-14-20(15-17)7-6-18-4-3-5-19(16-18)8-10-23(25)27-21-9-11-22(24)26-13-12-21/h3-5,8,10,16-17,20-21H,2,6-7,9,11-15H2,1H3. The van der Waals surface area contributed by atoms with Gasteiger partial charge >= 0.3 is 11.9 Å². The lowest BCUT2D eigenvalue weighted by Gasteiger charge is -2.34. The maximum absolute atomic E-state index is 12.0. The highest BCUT2D eigenvalue weighted by atomic mass is 16.6. The van der Waals surface area contributed by atoms with Crippen LogP contribution in [0, 0.1) is 11.8 Å². The molecule has 0 amide bonds. The van der Waals surface area contributed by atoms with Crippen molar-refractivity contribution in [3.05, 3.63) is 41.5 Å². The fraction of sp³-hybridized carbons (Fsp3) is 0.565. The third-order valence-electron chi connectivity index (χ3n) is 5.77. The quantitative estimate of drug-likeness (QED) is 0.515. The molecule has 1 aliphatic carbocycles. The number of aryl methyl sites for hydroxylation is 1. The Morgan fingerprint density at radius 1 is 1.26 bits per heavy atom. The molecule has 1 saturated carbocycles. The van der Waals surface area contributed by atoms with E-state index in [-0.39, 0.29) is 18.0 Å². The highest BCUT2D eigenvalue weighted by Crippen LogP contribution is 2.38. The van der Waals surface area contributed by atoms with E-state index in [0.29, 0.717) is 25.9 Å². The summed E-state index contributed by atoms with van der Waals surface area (Å²) >= 11 is 0. The molecule has 1 atom stereocenters. The number of ether oxygens (including phenoxy) is 2. The van der Waals surface area contributed by atoms with Crippen LogP contribution in [0.2, 0.25) is 0 Å². The number of esters is 2. The third kappa shape index (κ3) is 6.23. The van der Waals surface area contributed by atoms with E-state index in [2.05, 4.69) is 19.1 Å². The first-order valence-electron chi connectivity index (χ1n) is 10.3. The molecule has 0 spiro atoms. The maximum Gasteiger partial charge on any atom is 0.331 e. The van der Waals surface area contributed by atoms with Crippen molar-refractivity contribution in [1.82, 2.24) is 0 Å². The van der Waals surface area contributed by atoms with E-state index in [1.54, 1.807) is 6.08 Å². The van der Waals surface area contributed by atoms with E-state index in [4.69, 9.17) is 9.47 Å². The summed E-state index contributed by atoms with van der Waals surface area (Å²) in [7, 11) is 0. The topological polar surface area (TPSA) is 52.6 Å². The summed E-state index contributed by atoms with van der Waals surface area (Å²) in [5, 5.41) is 0. The van der Waals surface area contributed by atoms with E-state index in [0.717, 1.165) is 23.8 Å². The van der Waals surface area contributed by atoms with Crippen LogP contribution in [0.4, 0.5) is 0 Å². The Hall–Kier alpha value is -2.10. The SMILES string of the molecule is CCC1CC(CCc2cccc(C=CC(=O)OC3CCOC(=O)CC3)c2)C1. The molecule has 1 aromatic rings. The minimum Gasteiger partial charge on any atom is -0.466 e. The molecule has 1 aromatic carbocycles. The number of carbonyl (C=O) groups is 2. The van der Waals surface area contributed by atoms with Gasteiger partial charge in [-0.05, 0) is 61.1 Å². The first kappa shape index (κ1) is 19.7. The molecule has 2 aliphatic rings. The predicted molar refractivity (Wildman–Crippen MR) is 105 cm³/mol. The zero-order valence-electron chi connectivity index (χ0n) is 16.2. The van der Waals surface area contributed by atoms with Crippen LogP contribution >= 0.6 is 0 Å². The van der Waals surface area contributed by atoms with Crippen molar-refractivity contribution in [2.45, 2.75) is 64.4 Å². The molecule has 1 unspecified atom stereocenters. The van der Waals surface area contributed by atoms with Gasteiger partial charge in [-0.2, -0.15) is 0 Å². The number of carbonyl (C=O) groups excluding carboxylic acids is 2.